The molecule has 0 amide bonds. The molecule has 0 aromatic heterocycles. The summed E-state index contributed by atoms with van der Waals surface area (Å²) in [4.78, 5) is 0. The molecule has 0 aliphatic heterocycles. The van der Waals surface area contributed by atoms with Gasteiger partial charge in [0.15, 0.2) is 0 Å². The Morgan fingerprint density at radius 3 is 2.85 bits per heavy atom. The number of hydroxylamine groups is 1. The van der Waals surface area contributed by atoms with E-state index in [0.717, 1.165) is 22.9 Å². The standard InChI is InChI=1S/C10H14BrNO/c1-2-4-8-5-3-6-10(11)9(8)7-12-13/h3,5-6,12-13H,2,4,7H2,1H3. The van der Waals surface area contributed by atoms with Gasteiger partial charge in [-0.2, -0.15) is 0 Å². The van der Waals surface area contributed by atoms with Crippen LogP contribution in [-0.4, -0.2) is 5.21 Å². The zero-order valence-corrected chi connectivity index (χ0v) is 9.26. The maximum absolute atomic E-state index is 8.67. The molecule has 0 radical (unpaired) electrons. The number of aryl methyl sites for hydroxylation is 1. The third-order valence-corrected chi connectivity index (χ3v) is 2.73. The van der Waals surface area contributed by atoms with Gasteiger partial charge in [-0.3, -0.25) is 0 Å². The molecule has 0 heterocycles. The van der Waals surface area contributed by atoms with E-state index in [1.807, 2.05) is 12.1 Å². The molecular weight excluding hydrogens is 230 g/mol. The van der Waals surface area contributed by atoms with Crippen LogP contribution in [0, 0.1) is 0 Å². The minimum Gasteiger partial charge on any atom is -0.316 e. The molecule has 72 valence electrons. The predicted octanol–water partition coefficient (Wildman–Crippen LogP) is 2.88. The van der Waals surface area contributed by atoms with Crippen molar-refractivity contribution in [2.45, 2.75) is 26.3 Å². The molecule has 0 unspecified atom stereocenters. The Balaban J connectivity index is 2.95. The highest BCUT2D eigenvalue weighted by Crippen LogP contribution is 2.21. The fourth-order valence-corrected chi connectivity index (χ4v) is 1.93. The highest BCUT2D eigenvalue weighted by atomic mass is 79.9. The number of nitrogens with one attached hydrogen (secondary N) is 1. The molecule has 3 heteroatoms. The second-order valence-electron chi connectivity index (χ2n) is 2.96. The van der Waals surface area contributed by atoms with Crippen molar-refractivity contribution in [1.29, 1.82) is 0 Å². The van der Waals surface area contributed by atoms with E-state index in [4.69, 9.17) is 5.21 Å². The molecule has 0 fully saturated rings. The van der Waals surface area contributed by atoms with Crippen LogP contribution < -0.4 is 5.48 Å². The minimum absolute atomic E-state index is 0.497. The number of hydrogen-bond donors (Lipinski definition) is 2. The van der Waals surface area contributed by atoms with Crippen molar-refractivity contribution in [3.63, 3.8) is 0 Å². The molecule has 2 N–H and O–H groups in total. The van der Waals surface area contributed by atoms with Gasteiger partial charge in [-0.25, -0.2) is 5.48 Å². The van der Waals surface area contributed by atoms with Crippen LogP contribution in [0.1, 0.15) is 24.5 Å². The second-order valence-corrected chi connectivity index (χ2v) is 3.82. The maximum Gasteiger partial charge on any atom is 0.0471 e. The van der Waals surface area contributed by atoms with Crippen LogP contribution in [0.15, 0.2) is 22.7 Å². The second kappa shape index (κ2) is 5.37. The third kappa shape index (κ3) is 2.79. The quantitative estimate of drug-likeness (QED) is 0.798. The molecule has 0 aliphatic carbocycles. The number of halogens is 1. The average Bonchev–Trinajstić information content (AvgIpc) is 2.11. The van der Waals surface area contributed by atoms with Gasteiger partial charge in [0, 0.05) is 11.0 Å². The lowest BCUT2D eigenvalue weighted by molar-refractivity contribution is 0.161. The molecule has 0 bridgehead atoms. The van der Waals surface area contributed by atoms with Crippen molar-refractivity contribution in [3.8, 4) is 0 Å². The Hall–Kier alpha value is -0.380. The van der Waals surface area contributed by atoms with Crippen molar-refractivity contribution < 1.29 is 5.21 Å². The Morgan fingerprint density at radius 2 is 2.23 bits per heavy atom. The minimum atomic E-state index is 0.497. The van der Waals surface area contributed by atoms with Gasteiger partial charge in [0.1, 0.15) is 0 Å². The lowest BCUT2D eigenvalue weighted by Gasteiger charge is -2.09. The predicted molar refractivity (Wildman–Crippen MR) is 56.8 cm³/mol. The van der Waals surface area contributed by atoms with Crippen LogP contribution in [0.3, 0.4) is 0 Å². The van der Waals surface area contributed by atoms with Gasteiger partial charge in [-0.1, -0.05) is 41.4 Å². The van der Waals surface area contributed by atoms with E-state index >= 15 is 0 Å². The van der Waals surface area contributed by atoms with E-state index < -0.39 is 0 Å². The van der Waals surface area contributed by atoms with Gasteiger partial charge in [-0.05, 0) is 23.6 Å². The normalized spacial score (nSPS) is 10.4. The lowest BCUT2D eigenvalue weighted by atomic mass is 10.0. The molecule has 0 saturated heterocycles. The van der Waals surface area contributed by atoms with Crippen molar-refractivity contribution in [2.75, 3.05) is 0 Å². The molecule has 0 atom stereocenters. The van der Waals surface area contributed by atoms with Gasteiger partial charge in [0.25, 0.3) is 0 Å². The fraction of sp³-hybridized carbons (Fsp3) is 0.400. The van der Waals surface area contributed by atoms with Gasteiger partial charge in [0.2, 0.25) is 0 Å². The van der Waals surface area contributed by atoms with Crippen molar-refractivity contribution in [2.24, 2.45) is 0 Å². The van der Waals surface area contributed by atoms with Crippen LogP contribution in [-0.2, 0) is 13.0 Å². The van der Waals surface area contributed by atoms with Crippen LogP contribution in [0.2, 0.25) is 0 Å². The van der Waals surface area contributed by atoms with E-state index in [1.54, 1.807) is 0 Å². The third-order valence-electron chi connectivity index (χ3n) is 1.99. The van der Waals surface area contributed by atoms with Gasteiger partial charge in [0.05, 0.1) is 0 Å². The van der Waals surface area contributed by atoms with Crippen LogP contribution in [0.5, 0.6) is 0 Å². The largest absolute Gasteiger partial charge is 0.316 e. The molecule has 2 nitrogen and oxygen atoms in total. The van der Waals surface area contributed by atoms with Crippen LogP contribution >= 0.6 is 15.9 Å². The zero-order chi connectivity index (χ0) is 9.68. The molecule has 0 saturated carbocycles. The van der Waals surface area contributed by atoms with Gasteiger partial charge < -0.3 is 5.21 Å². The van der Waals surface area contributed by atoms with E-state index in [1.165, 1.54) is 5.56 Å². The number of benzene rings is 1. The molecule has 1 aromatic carbocycles. The van der Waals surface area contributed by atoms with E-state index in [-0.39, 0.29) is 0 Å². The number of hydrogen-bond acceptors (Lipinski definition) is 2. The number of rotatable bonds is 4. The van der Waals surface area contributed by atoms with Crippen molar-refractivity contribution >= 4 is 15.9 Å². The molecule has 1 aromatic rings. The topological polar surface area (TPSA) is 32.3 Å². The first kappa shape index (κ1) is 10.7. The summed E-state index contributed by atoms with van der Waals surface area (Å²) >= 11 is 3.47. The van der Waals surface area contributed by atoms with Crippen molar-refractivity contribution in [1.82, 2.24) is 5.48 Å². The van der Waals surface area contributed by atoms with E-state index in [0.29, 0.717) is 6.54 Å². The Kier molecular flexibility index (Phi) is 4.42. The highest BCUT2D eigenvalue weighted by molar-refractivity contribution is 9.10. The summed E-state index contributed by atoms with van der Waals surface area (Å²) in [6, 6.07) is 6.11. The van der Waals surface area contributed by atoms with Crippen LogP contribution in [0.4, 0.5) is 0 Å². The van der Waals surface area contributed by atoms with E-state index in [2.05, 4.69) is 34.4 Å². The average molecular weight is 244 g/mol. The summed E-state index contributed by atoms with van der Waals surface area (Å²) in [6.07, 6.45) is 2.17. The fourth-order valence-electron chi connectivity index (χ4n) is 1.38. The summed E-state index contributed by atoms with van der Waals surface area (Å²) in [5.74, 6) is 0. The summed E-state index contributed by atoms with van der Waals surface area (Å²) in [5, 5.41) is 8.67. The maximum atomic E-state index is 8.67. The molecule has 0 aliphatic rings. The van der Waals surface area contributed by atoms with Gasteiger partial charge >= 0.3 is 0 Å². The zero-order valence-electron chi connectivity index (χ0n) is 7.68. The lowest BCUT2D eigenvalue weighted by Crippen LogP contribution is -2.09. The van der Waals surface area contributed by atoms with Crippen LogP contribution in [0.25, 0.3) is 0 Å². The summed E-state index contributed by atoms with van der Waals surface area (Å²) in [5.41, 5.74) is 4.63. The Morgan fingerprint density at radius 1 is 1.46 bits per heavy atom. The highest BCUT2D eigenvalue weighted by Gasteiger charge is 2.04. The molecule has 0 spiro atoms. The summed E-state index contributed by atoms with van der Waals surface area (Å²) in [7, 11) is 0. The first-order chi connectivity index (χ1) is 6.29. The smallest absolute Gasteiger partial charge is 0.0471 e. The molecule has 1 rings (SSSR count). The Bertz CT molecular complexity index is 276. The van der Waals surface area contributed by atoms with Crippen molar-refractivity contribution in [3.05, 3.63) is 33.8 Å². The summed E-state index contributed by atoms with van der Waals surface area (Å²) < 4.78 is 1.06. The molecule has 13 heavy (non-hydrogen) atoms. The first-order valence-electron chi connectivity index (χ1n) is 4.42. The Labute approximate surface area is 87.1 Å². The van der Waals surface area contributed by atoms with Gasteiger partial charge in [-0.15, -0.1) is 0 Å². The first-order valence-corrected chi connectivity index (χ1v) is 5.22. The molecular formula is C10H14BrNO. The van der Waals surface area contributed by atoms with E-state index in [9.17, 15) is 0 Å². The monoisotopic (exact) mass is 243 g/mol. The summed E-state index contributed by atoms with van der Waals surface area (Å²) in [6.45, 7) is 2.65. The SMILES string of the molecule is CCCc1cccc(Br)c1CNO.